The summed E-state index contributed by atoms with van der Waals surface area (Å²) in [5.41, 5.74) is 5.60. The molecule has 0 radical (unpaired) electrons. The zero-order valence-electron chi connectivity index (χ0n) is 8.63. The Kier molecular flexibility index (Phi) is 3.29. The molecule has 2 N–H and O–H groups in total. The maximum atomic E-state index is 12.8. The second-order valence-corrected chi connectivity index (χ2v) is 3.78. The average molecular weight is 205 g/mol. The predicted octanol–water partition coefficient (Wildman–Crippen LogP) is 1.44. The van der Waals surface area contributed by atoms with E-state index in [2.05, 4.69) is 4.99 Å². The van der Waals surface area contributed by atoms with Gasteiger partial charge in [-0.05, 0) is 12.8 Å². The van der Waals surface area contributed by atoms with Crippen molar-refractivity contribution in [1.29, 1.82) is 0 Å². The Morgan fingerprint density at radius 3 is 2.36 bits per heavy atom. The van der Waals surface area contributed by atoms with Crippen molar-refractivity contribution in [2.75, 3.05) is 14.1 Å². The van der Waals surface area contributed by atoms with E-state index in [1.807, 2.05) is 0 Å². The van der Waals surface area contributed by atoms with Crippen molar-refractivity contribution < 1.29 is 8.78 Å². The Hall–Kier alpha value is -0.870. The highest BCUT2D eigenvalue weighted by atomic mass is 19.3. The molecule has 1 aliphatic carbocycles. The van der Waals surface area contributed by atoms with Crippen LogP contribution in [-0.4, -0.2) is 36.9 Å². The summed E-state index contributed by atoms with van der Waals surface area (Å²) in [6, 6.07) is 0.110. The monoisotopic (exact) mass is 205 g/mol. The first-order valence-corrected chi connectivity index (χ1v) is 4.79. The van der Waals surface area contributed by atoms with Crippen LogP contribution in [0.3, 0.4) is 0 Å². The fraction of sp³-hybridized carbons (Fsp3) is 0.889. The molecular weight excluding hydrogens is 188 g/mol. The number of hydrogen-bond acceptors (Lipinski definition) is 1. The van der Waals surface area contributed by atoms with Crippen molar-refractivity contribution in [2.24, 2.45) is 10.7 Å². The molecule has 0 unspecified atom stereocenters. The van der Waals surface area contributed by atoms with E-state index < -0.39 is 5.92 Å². The fourth-order valence-electron chi connectivity index (χ4n) is 1.76. The number of hydrogen-bond donors (Lipinski definition) is 1. The summed E-state index contributed by atoms with van der Waals surface area (Å²) >= 11 is 0. The first kappa shape index (κ1) is 11.2. The summed E-state index contributed by atoms with van der Waals surface area (Å²) in [5, 5.41) is 0. The van der Waals surface area contributed by atoms with E-state index in [0.29, 0.717) is 18.8 Å². The van der Waals surface area contributed by atoms with E-state index in [9.17, 15) is 8.78 Å². The van der Waals surface area contributed by atoms with Gasteiger partial charge in [-0.15, -0.1) is 0 Å². The van der Waals surface area contributed by atoms with Crippen LogP contribution in [0.1, 0.15) is 25.7 Å². The molecule has 0 aromatic heterocycles. The summed E-state index contributed by atoms with van der Waals surface area (Å²) in [5.74, 6) is -2.06. The Morgan fingerprint density at radius 1 is 1.43 bits per heavy atom. The van der Waals surface area contributed by atoms with Crippen molar-refractivity contribution in [3.63, 3.8) is 0 Å². The molecule has 1 rings (SSSR count). The quantitative estimate of drug-likeness (QED) is 0.520. The molecule has 1 fully saturated rings. The molecule has 1 aliphatic rings. The maximum absolute atomic E-state index is 12.8. The summed E-state index contributed by atoms with van der Waals surface area (Å²) in [7, 11) is 3.40. The molecule has 5 heteroatoms. The van der Waals surface area contributed by atoms with Gasteiger partial charge in [0.2, 0.25) is 5.92 Å². The molecule has 1 saturated carbocycles. The van der Waals surface area contributed by atoms with E-state index in [1.54, 1.807) is 19.0 Å². The topological polar surface area (TPSA) is 41.6 Å². The second kappa shape index (κ2) is 4.11. The van der Waals surface area contributed by atoms with Gasteiger partial charge in [-0.25, -0.2) is 8.78 Å². The molecule has 0 bridgehead atoms. The number of nitrogens with two attached hydrogens (primary N) is 1. The molecule has 3 nitrogen and oxygen atoms in total. The van der Waals surface area contributed by atoms with Crippen molar-refractivity contribution in [1.82, 2.24) is 4.90 Å². The third-order valence-electron chi connectivity index (χ3n) is 2.82. The molecule has 0 saturated heterocycles. The average Bonchev–Trinajstić information content (AvgIpc) is 2.15. The van der Waals surface area contributed by atoms with Crippen LogP contribution >= 0.6 is 0 Å². The smallest absolute Gasteiger partial charge is 0.248 e. The number of alkyl halides is 2. The number of guanidine groups is 1. The molecule has 0 aliphatic heterocycles. The van der Waals surface area contributed by atoms with E-state index in [4.69, 9.17) is 5.73 Å². The maximum Gasteiger partial charge on any atom is 0.248 e. The Morgan fingerprint density at radius 2 is 1.93 bits per heavy atom. The molecule has 14 heavy (non-hydrogen) atoms. The highest BCUT2D eigenvalue weighted by molar-refractivity contribution is 5.77. The van der Waals surface area contributed by atoms with E-state index in [1.165, 1.54) is 0 Å². The Labute approximate surface area is 83.0 Å². The van der Waals surface area contributed by atoms with Gasteiger partial charge in [0.1, 0.15) is 0 Å². The van der Waals surface area contributed by atoms with E-state index >= 15 is 0 Å². The molecule has 0 atom stereocenters. The lowest BCUT2D eigenvalue weighted by atomic mass is 9.91. The molecule has 0 heterocycles. The summed E-state index contributed by atoms with van der Waals surface area (Å²) in [6.07, 6.45) is 0.886. The summed E-state index contributed by atoms with van der Waals surface area (Å²) < 4.78 is 25.7. The van der Waals surface area contributed by atoms with Crippen LogP contribution < -0.4 is 5.73 Å². The normalized spacial score (nSPS) is 23.6. The van der Waals surface area contributed by atoms with Crippen LogP contribution in [0.25, 0.3) is 0 Å². The molecule has 0 amide bonds. The van der Waals surface area contributed by atoms with Crippen molar-refractivity contribution in [2.45, 2.75) is 37.6 Å². The number of aliphatic imine (C=N–C) groups is 1. The first-order chi connectivity index (χ1) is 6.46. The zero-order chi connectivity index (χ0) is 10.8. The summed E-state index contributed by atoms with van der Waals surface area (Å²) in [6.45, 7) is 0. The number of nitrogens with zero attached hydrogens (tertiary/aromatic N) is 2. The van der Waals surface area contributed by atoms with E-state index in [0.717, 1.165) is 0 Å². The van der Waals surface area contributed by atoms with Crippen LogP contribution in [0.15, 0.2) is 4.99 Å². The molecule has 0 aromatic rings. The van der Waals surface area contributed by atoms with Crippen LogP contribution in [0.5, 0.6) is 0 Å². The lowest BCUT2D eigenvalue weighted by molar-refractivity contribution is -0.0462. The van der Waals surface area contributed by atoms with Gasteiger partial charge in [0, 0.05) is 33.0 Å². The first-order valence-electron chi connectivity index (χ1n) is 4.79. The fourth-order valence-corrected chi connectivity index (χ4v) is 1.76. The minimum absolute atomic E-state index is 0.0427. The molecule has 82 valence electrons. The molecule has 0 aromatic carbocycles. The largest absolute Gasteiger partial charge is 0.370 e. The van der Waals surface area contributed by atoms with Crippen molar-refractivity contribution in [3.05, 3.63) is 0 Å². The van der Waals surface area contributed by atoms with E-state index in [-0.39, 0.29) is 18.9 Å². The van der Waals surface area contributed by atoms with Gasteiger partial charge in [-0.1, -0.05) is 0 Å². The van der Waals surface area contributed by atoms with Crippen LogP contribution in [-0.2, 0) is 0 Å². The minimum Gasteiger partial charge on any atom is -0.370 e. The van der Waals surface area contributed by atoms with Gasteiger partial charge >= 0.3 is 0 Å². The van der Waals surface area contributed by atoms with Crippen LogP contribution in [0.2, 0.25) is 0 Å². The van der Waals surface area contributed by atoms with Gasteiger partial charge in [0.15, 0.2) is 5.96 Å². The van der Waals surface area contributed by atoms with Gasteiger partial charge in [0.05, 0.1) is 0 Å². The second-order valence-electron chi connectivity index (χ2n) is 3.78. The highest BCUT2D eigenvalue weighted by Crippen LogP contribution is 2.34. The Bertz CT molecular complexity index is 218. The number of rotatable bonds is 1. The van der Waals surface area contributed by atoms with Gasteiger partial charge < -0.3 is 10.6 Å². The van der Waals surface area contributed by atoms with Crippen LogP contribution in [0, 0.1) is 0 Å². The van der Waals surface area contributed by atoms with Crippen molar-refractivity contribution >= 4 is 5.96 Å². The molecular formula is C9H17F2N3. The lowest BCUT2D eigenvalue weighted by Crippen LogP contribution is -2.45. The van der Waals surface area contributed by atoms with Gasteiger partial charge in [-0.3, -0.25) is 4.99 Å². The highest BCUT2D eigenvalue weighted by Gasteiger charge is 2.36. The lowest BCUT2D eigenvalue weighted by Gasteiger charge is -2.34. The molecule has 0 spiro atoms. The zero-order valence-corrected chi connectivity index (χ0v) is 8.63. The van der Waals surface area contributed by atoms with Gasteiger partial charge in [0.25, 0.3) is 0 Å². The minimum atomic E-state index is -2.48. The van der Waals surface area contributed by atoms with Gasteiger partial charge in [-0.2, -0.15) is 0 Å². The standard InChI is InChI=1S/C9H17F2N3/c1-13-8(12)14(2)7-3-5-9(10,11)6-4-7/h7H,3-6H2,1-2H3,(H2,12,13). The third-order valence-corrected chi connectivity index (χ3v) is 2.82. The summed E-state index contributed by atoms with van der Waals surface area (Å²) in [4.78, 5) is 5.62. The van der Waals surface area contributed by atoms with Crippen molar-refractivity contribution in [3.8, 4) is 0 Å². The van der Waals surface area contributed by atoms with Crippen LogP contribution in [0.4, 0.5) is 8.78 Å². The Balaban J connectivity index is 2.50. The number of halogens is 2. The predicted molar refractivity (Wildman–Crippen MR) is 52.5 cm³/mol. The third kappa shape index (κ3) is 2.56. The SMILES string of the molecule is CN=C(N)N(C)C1CCC(F)(F)CC1.